The molecule has 0 aromatic heterocycles. The van der Waals surface area contributed by atoms with Gasteiger partial charge in [-0.1, -0.05) is 21.3 Å². The van der Waals surface area contributed by atoms with E-state index in [0.717, 1.165) is 0 Å². The molecule has 0 heteroatoms. The molecule has 0 radical (unpaired) electrons. The van der Waals surface area contributed by atoms with Gasteiger partial charge in [-0.25, -0.2) is 0 Å². The van der Waals surface area contributed by atoms with Crippen LogP contribution in [0.1, 0.15) is 35.1 Å². The highest BCUT2D eigenvalue weighted by Crippen LogP contribution is 1.39. The van der Waals surface area contributed by atoms with E-state index in [1.807, 2.05) is 27.7 Å². The SMILES string of the molecule is C.CC.CC#CC. The van der Waals surface area contributed by atoms with E-state index in [-0.39, 0.29) is 7.43 Å². The number of hydrogen-bond donors (Lipinski definition) is 0. The monoisotopic (exact) mass is 100 g/mol. The average Bonchev–Trinajstić information content (AvgIpc) is 1.72. The zero-order chi connectivity index (χ0) is 5.41. The third-order valence-electron chi connectivity index (χ3n) is 0.250. The van der Waals surface area contributed by atoms with Gasteiger partial charge >= 0.3 is 0 Å². The Balaban J connectivity index is -0.0000000480. The fourth-order valence-electron chi connectivity index (χ4n) is 0. The minimum Gasteiger partial charge on any atom is -0.107 e. The molecule has 0 amide bonds. The lowest BCUT2D eigenvalue weighted by Crippen LogP contribution is -1.28. The molecular weight excluding hydrogens is 84.1 g/mol. The summed E-state index contributed by atoms with van der Waals surface area (Å²) in [5.74, 6) is 5.36. The van der Waals surface area contributed by atoms with Gasteiger partial charge in [0.15, 0.2) is 0 Å². The summed E-state index contributed by atoms with van der Waals surface area (Å²) in [6.45, 7) is 7.64. The zero-order valence-electron chi connectivity index (χ0n) is 5.00. The van der Waals surface area contributed by atoms with Crippen molar-refractivity contribution in [2.75, 3.05) is 0 Å². The first-order valence-electron chi connectivity index (χ1n) is 2.25. The van der Waals surface area contributed by atoms with E-state index in [2.05, 4.69) is 11.8 Å². The van der Waals surface area contributed by atoms with Gasteiger partial charge in [-0.05, 0) is 13.8 Å². The standard InChI is InChI=1S/C4H6.C2H6.CH4/c1-3-4-2;1-2;/h1-2H3;1-2H3;1H4. The maximum atomic E-state index is 2.68. The third-order valence-corrected chi connectivity index (χ3v) is 0.250. The summed E-state index contributed by atoms with van der Waals surface area (Å²) in [4.78, 5) is 0. The summed E-state index contributed by atoms with van der Waals surface area (Å²) in [5, 5.41) is 0. The van der Waals surface area contributed by atoms with Gasteiger partial charge in [0.25, 0.3) is 0 Å². The lowest BCUT2D eigenvalue weighted by atomic mass is 10.7. The second-order valence-electron chi connectivity index (χ2n) is 0.500. The van der Waals surface area contributed by atoms with Crippen molar-refractivity contribution in [1.82, 2.24) is 0 Å². The molecule has 0 spiro atoms. The highest BCUT2D eigenvalue weighted by molar-refractivity contribution is 4.89. The molecule has 0 nitrogen and oxygen atoms in total. The molecular formula is C7H16. The minimum atomic E-state index is 0. The molecule has 0 heterocycles. The quantitative estimate of drug-likeness (QED) is 0.410. The van der Waals surface area contributed by atoms with Crippen molar-refractivity contribution in [2.45, 2.75) is 35.1 Å². The fourth-order valence-corrected chi connectivity index (χ4v) is 0. The van der Waals surface area contributed by atoms with Crippen LogP contribution < -0.4 is 0 Å². The van der Waals surface area contributed by atoms with E-state index in [1.165, 1.54) is 0 Å². The predicted octanol–water partition coefficient (Wildman–Crippen LogP) is 2.69. The van der Waals surface area contributed by atoms with Crippen LogP contribution in [0.25, 0.3) is 0 Å². The number of rotatable bonds is 0. The van der Waals surface area contributed by atoms with Crippen LogP contribution in [0.5, 0.6) is 0 Å². The predicted molar refractivity (Wildman–Crippen MR) is 37.2 cm³/mol. The Hall–Kier alpha value is -0.440. The van der Waals surface area contributed by atoms with Gasteiger partial charge in [0.05, 0.1) is 0 Å². The first-order chi connectivity index (χ1) is 2.91. The topological polar surface area (TPSA) is 0 Å². The van der Waals surface area contributed by atoms with Gasteiger partial charge in [0.2, 0.25) is 0 Å². The van der Waals surface area contributed by atoms with E-state index in [4.69, 9.17) is 0 Å². The molecule has 0 fully saturated rings. The molecule has 0 rings (SSSR count). The minimum absolute atomic E-state index is 0. The molecule has 0 bridgehead atoms. The largest absolute Gasteiger partial charge is 0.107 e. The summed E-state index contributed by atoms with van der Waals surface area (Å²) < 4.78 is 0. The summed E-state index contributed by atoms with van der Waals surface area (Å²) >= 11 is 0. The van der Waals surface area contributed by atoms with E-state index in [1.54, 1.807) is 0 Å². The number of hydrogen-bond acceptors (Lipinski definition) is 0. The van der Waals surface area contributed by atoms with Crippen LogP contribution in [0.3, 0.4) is 0 Å². The van der Waals surface area contributed by atoms with Crippen LogP contribution in [-0.4, -0.2) is 0 Å². The van der Waals surface area contributed by atoms with Crippen molar-refractivity contribution in [1.29, 1.82) is 0 Å². The smallest absolute Gasteiger partial charge is 0.00271 e. The maximum absolute atomic E-state index is 2.68. The molecule has 0 aliphatic rings. The van der Waals surface area contributed by atoms with Crippen molar-refractivity contribution < 1.29 is 0 Å². The Morgan fingerprint density at radius 2 is 1.00 bits per heavy atom. The molecule has 7 heavy (non-hydrogen) atoms. The molecule has 0 aliphatic heterocycles. The lowest BCUT2D eigenvalue weighted by Gasteiger charge is -1.40. The Kier molecular flexibility index (Phi) is 109. The van der Waals surface area contributed by atoms with Gasteiger partial charge in [-0.15, -0.1) is 11.8 Å². The highest BCUT2D eigenvalue weighted by Gasteiger charge is 1.26. The average molecular weight is 100 g/mol. The van der Waals surface area contributed by atoms with Crippen LogP contribution in [0.4, 0.5) is 0 Å². The molecule has 0 unspecified atom stereocenters. The van der Waals surface area contributed by atoms with Crippen molar-refractivity contribution in [3.05, 3.63) is 0 Å². The zero-order valence-corrected chi connectivity index (χ0v) is 5.00. The molecule has 0 aromatic carbocycles. The highest BCUT2D eigenvalue weighted by atomic mass is 13.3. The first kappa shape index (κ1) is 16.0. The molecule has 0 aromatic rings. The van der Waals surface area contributed by atoms with E-state index in [9.17, 15) is 0 Å². The van der Waals surface area contributed by atoms with E-state index >= 15 is 0 Å². The van der Waals surface area contributed by atoms with E-state index < -0.39 is 0 Å². The Bertz CT molecular complexity index is 36.8. The van der Waals surface area contributed by atoms with Crippen LogP contribution >= 0.6 is 0 Å². The van der Waals surface area contributed by atoms with Gasteiger partial charge in [-0.2, -0.15) is 0 Å². The van der Waals surface area contributed by atoms with Crippen molar-refractivity contribution >= 4 is 0 Å². The normalized spacial score (nSPS) is 2.86. The second-order valence-corrected chi connectivity index (χ2v) is 0.500. The summed E-state index contributed by atoms with van der Waals surface area (Å²) in [6.07, 6.45) is 0. The Morgan fingerprint density at radius 3 is 1.00 bits per heavy atom. The molecule has 0 N–H and O–H groups in total. The molecule has 0 aliphatic carbocycles. The third kappa shape index (κ3) is 225. The lowest BCUT2D eigenvalue weighted by molar-refractivity contribution is 1.50. The molecule has 0 atom stereocenters. The maximum Gasteiger partial charge on any atom is -0.00271 e. The summed E-state index contributed by atoms with van der Waals surface area (Å²) in [5.41, 5.74) is 0. The second kappa shape index (κ2) is 47.5. The van der Waals surface area contributed by atoms with Crippen molar-refractivity contribution in [3.63, 3.8) is 0 Å². The van der Waals surface area contributed by atoms with Crippen molar-refractivity contribution in [2.24, 2.45) is 0 Å². The Morgan fingerprint density at radius 1 is 0.857 bits per heavy atom. The summed E-state index contributed by atoms with van der Waals surface area (Å²) in [6, 6.07) is 0. The van der Waals surface area contributed by atoms with E-state index in [0.29, 0.717) is 0 Å². The van der Waals surface area contributed by atoms with Gasteiger partial charge in [0, 0.05) is 0 Å². The van der Waals surface area contributed by atoms with Gasteiger partial charge < -0.3 is 0 Å². The van der Waals surface area contributed by atoms with Crippen LogP contribution in [-0.2, 0) is 0 Å². The molecule has 0 saturated heterocycles. The van der Waals surface area contributed by atoms with Crippen LogP contribution in [0, 0.1) is 11.8 Å². The fraction of sp³-hybridized carbons (Fsp3) is 0.714. The van der Waals surface area contributed by atoms with Crippen molar-refractivity contribution in [3.8, 4) is 11.8 Å². The van der Waals surface area contributed by atoms with Gasteiger partial charge in [-0.3, -0.25) is 0 Å². The van der Waals surface area contributed by atoms with Gasteiger partial charge in [0.1, 0.15) is 0 Å². The molecule has 0 saturated carbocycles. The summed E-state index contributed by atoms with van der Waals surface area (Å²) in [7, 11) is 0. The Labute approximate surface area is 47.9 Å². The molecule has 44 valence electrons. The first-order valence-corrected chi connectivity index (χ1v) is 2.25. The van der Waals surface area contributed by atoms with Crippen LogP contribution in [0.2, 0.25) is 0 Å². The van der Waals surface area contributed by atoms with Crippen LogP contribution in [0.15, 0.2) is 0 Å².